The lowest BCUT2D eigenvalue weighted by atomic mass is 10.1. The molecule has 2 N–H and O–H groups in total. The van der Waals surface area contributed by atoms with Crippen molar-refractivity contribution in [3.63, 3.8) is 0 Å². The fourth-order valence-corrected chi connectivity index (χ4v) is 0.712. The van der Waals surface area contributed by atoms with E-state index >= 15 is 0 Å². The van der Waals surface area contributed by atoms with E-state index in [4.69, 9.17) is 11.0 Å². The van der Waals surface area contributed by atoms with Gasteiger partial charge in [-0.05, 0) is 5.56 Å². The Morgan fingerprint density at radius 2 is 2.30 bits per heavy atom. The maximum atomic E-state index is 8.45. The lowest BCUT2D eigenvalue weighted by Crippen LogP contribution is -1.91. The van der Waals surface area contributed by atoms with Gasteiger partial charge in [-0.2, -0.15) is 16.9 Å². The molecule has 10 heavy (non-hydrogen) atoms. The third-order valence-electron chi connectivity index (χ3n) is 1.21. The van der Waals surface area contributed by atoms with E-state index < -0.39 is 0 Å². The second-order valence-corrected chi connectivity index (χ2v) is 1.90. The van der Waals surface area contributed by atoms with Gasteiger partial charge in [0.2, 0.25) is 0 Å². The number of hydrogen-bond donors (Lipinski definition) is 1. The normalized spacial score (nSPS) is 8.40. The van der Waals surface area contributed by atoms with Crippen LogP contribution in [0.25, 0.3) is 0 Å². The summed E-state index contributed by atoms with van der Waals surface area (Å²) in [5, 5.41) is 8.45. The van der Waals surface area contributed by atoms with Gasteiger partial charge >= 0.3 is 0 Å². The smallest absolute Gasteiger partial charge is 0.0856 e. The van der Waals surface area contributed by atoms with Crippen molar-refractivity contribution in [3.8, 4) is 6.07 Å². The van der Waals surface area contributed by atoms with Gasteiger partial charge in [0.05, 0.1) is 6.07 Å². The molecule has 1 aromatic rings. The molecule has 0 unspecified atom stereocenters. The molecular weight excluding hydrogens is 124 g/mol. The van der Waals surface area contributed by atoms with Crippen molar-refractivity contribution in [2.24, 2.45) is 5.73 Å². The summed E-state index contributed by atoms with van der Waals surface area (Å²) in [7, 11) is 0. The maximum absolute atomic E-state index is 8.45. The molecule has 0 fully saturated rings. The highest BCUT2D eigenvalue weighted by atomic mass is 14.5. The molecule has 2 nitrogen and oxygen atoms in total. The van der Waals surface area contributed by atoms with Crippen molar-refractivity contribution in [1.29, 1.82) is 5.26 Å². The summed E-state index contributed by atoms with van der Waals surface area (Å²) < 4.78 is 0. The van der Waals surface area contributed by atoms with Gasteiger partial charge in [-0.1, -0.05) is 6.07 Å². The third kappa shape index (κ3) is 1.28. The third-order valence-corrected chi connectivity index (χ3v) is 1.21. The molecule has 0 aliphatic heterocycles. The Kier molecular flexibility index (Phi) is 1.93. The van der Waals surface area contributed by atoms with Crippen molar-refractivity contribution < 1.29 is 0 Å². The van der Waals surface area contributed by atoms with E-state index in [1.807, 2.05) is 12.1 Å². The van der Waals surface area contributed by atoms with Gasteiger partial charge in [0.25, 0.3) is 0 Å². The average Bonchev–Trinajstić information content (AvgIpc) is 2.05. The standard InChI is InChI=1S/C8H7N2/c9-5-7-2-1-3-8(4-7)6-10/h1-5H,9H2/q-1. The van der Waals surface area contributed by atoms with E-state index in [9.17, 15) is 0 Å². The Labute approximate surface area is 59.9 Å². The van der Waals surface area contributed by atoms with Crippen LogP contribution in [0.2, 0.25) is 0 Å². The molecule has 0 saturated heterocycles. The summed E-state index contributed by atoms with van der Waals surface area (Å²) in [6.07, 6.45) is 0. The molecule has 0 amide bonds. The predicted octanol–water partition coefficient (Wildman–Crippen LogP) is 1.03. The van der Waals surface area contributed by atoms with Crippen molar-refractivity contribution in [1.82, 2.24) is 0 Å². The number of rotatable bonds is 1. The molecule has 0 bridgehead atoms. The van der Waals surface area contributed by atoms with Crippen LogP contribution in [0.5, 0.6) is 0 Å². The maximum Gasteiger partial charge on any atom is 0.0856 e. The monoisotopic (exact) mass is 131 g/mol. The zero-order valence-electron chi connectivity index (χ0n) is 5.41. The van der Waals surface area contributed by atoms with Gasteiger partial charge in [-0.3, -0.25) is 0 Å². The van der Waals surface area contributed by atoms with Crippen molar-refractivity contribution in [3.05, 3.63) is 41.9 Å². The van der Waals surface area contributed by atoms with Crippen molar-refractivity contribution in [2.75, 3.05) is 0 Å². The Morgan fingerprint density at radius 3 is 2.90 bits per heavy atom. The Morgan fingerprint density at radius 1 is 1.50 bits per heavy atom. The molecule has 0 aliphatic carbocycles. The fraction of sp³-hybridized carbons (Fsp3) is 0. The minimum absolute atomic E-state index is 0.638. The molecule has 50 valence electrons. The van der Waals surface area contributed by atoms with Gasteiger partial charge in [-0.15, -0.1) is 18.7 Å². The molecule has 2 heteroatoms. The first-order valence-electron chi connectivity index (χ1n) is 2.92. The van der Waals surface area contributed by atoms with Crippen LogP contribution in [0.4, 0.5) is 0 Å². The lowest BCUT2D eigenvalue weighted by molar-refractivity contribution is 1.34. The lowest BCUT2D eigenvalue weighted by Gasteiger charge is -2.03. The summed E-state index contributed by atoms with van der Waals surface area (Å²) in [5.41, 5.74) is 6.75. The van der Waals surface area contributed by atoms with Crippen LogP contribution in [0.1, 0.15) is 11.1 Å². The molecule has 1 aromatic carbocycles. The summed E-state index contributed by atoms with van der Waals surface area (Å²) in [5.74, 6) is 0. The second-order valence-electron chi connectivity index (χ2n) is 1.90. The van der Waals surface area contributed by atoms with E-state index in [1.54, 1.807) is 18.2 Å². The summed E-state index contributed by atoms with van der Waals surface area (Å²) >= 11 is 0. The van der Waals surface area contributed by atoms with Crippen LogP contribution < -0.4 is 5.73 Å². The molecular formula is C8H7N2-. The number of benzene rings is 1. The molecule has 0 heterocycles. The highest BCUT2D eigenvalue weighted by molar-refractivity contribution is 5.35. The van der Waals surface area contributed by atoms with Gasteiger partial charge in [0, 0.05) is 0 Å². The number of nitrogens with zero attached hydrogens (tertiary/aromatic N) is 1. The number of nitriles is 1. The van der Waals surface area contributed by atoms with Crippen LogP contribution in [0.3, 0.4) is 0 Å². The molecule has 0 aliphatic rings. The number of nitrogens with two attached hydrogens (primary N) is 1. The van der Waals surface area contributed by atoms with E-state index in [0.29, 0.717) is 5.56 Å². The zero-order valence-corrected chi connectivity index (χ0v) is 5.41. The van der Waals surface area contributed by atoms with Crippen LogP contribution in [0, 0.1) is 17.9 Å². The van der Waals surface area contributed by atoms with Gasteiger partial charge in [0.1, 0.15) is 0 Å². The zero-order chi connectivity index (χ0) is 7.40. The average molecular weight is 131 g/mol. The topological polar surface area (TPSA) is 49.8 Å². The van der Waals surface area contributed by atoms with Crippen LogP contribution >= 0.6 is 0 Å². The summed E-state index contributed by atoms with van der Waals surface area (Å²) in [4.78, 5) is 0. The van der Waals surface area contributed by atoms with Crippen LogP contribution in [-0.4, -0.2) is 0 Å². The fourth-order valence-electron chi connectivity index (χ4n) is 0.712. The van der Waals surface area contributed by atoms with Crippen LogP contribution in [0.15, 0.2) is 24.3 Å². The minimum Gasteiger partial charge on any atom is -0.360 e. The van der Waals surface area contributed by atoms with Gasteiger partial charge in [0.15, 0.2) is 0 Å². The quantitative estimate of drug-likeness (QED) is 0.578. The Balaban J connectivity index is 3.01. The second kappa shape index (κ2) is 2.90. The minimum atomic E-state index is 0.638. The highest BCUT2D eigenvalue weighted by Crippen LogP contribution is 2.02. The van der Waals surface area contributed by atoms with E-state index in [0.717, 1.165) is 5.56 Å². The van der Waals surface area contributed by atoms with Crippen molar-refractivity contribution in [2.45, 2.75) is 0 Å². The first-order chi connectivity index (χ1) is 4.86. The molecule has 1 rings (SSSR count). The first-order valence-corrected chi connectivity index (χ1v) is 2.92. The molecule has 0 radical (unpaired) electrons. The number of hydrogen-bond acceptors (Lipinski definition) is 2. The van der Waals surface area contributed by atoms with Crippen LogP contribution in [-0.2, 0) is 0 Å². The van der Waals surface area contributed by atoms with E-state index in [1.165, 1.54) is 6.54 Å². The highest BCUT2D eigenvalue weighted by Gasteiger charge is 1.81. The Hall–Kier alpha value is -1.46. The van der Waals surface area contributed by atoms with Gasteiger partial charge < -0.3 is 5.73 Å². The van der Waals surface area contributed by atoms with Gasteiger partial charge in [-0.25, -0.2) is 0 Å². The predicted molar refractivity (Wildman–Crippen MR) is 38.7 cm³/mol. The summed E-state index contributed by atoms with van der Waals surface area (Å²) in [6, 6.07) is 9.16. The largest absolute Gasteiger partial charge is 0.360 e. The van der Waals surface area contributed by atoms with Crippen molar-refractivity contribution >= 4 is 0 Å². The summed E-state index contributed by atoms with van der Waals surface area (Å²) in [6.45, 7) is 1.47. The van der Waals surface area contributed by atoms with E-state index in [-0.39, 0.29) is 0 Å². The molecule has 0 atom stereocenters. The molecule has 0 aromatic heterocycles. The van der Waals surface area contributed by atoms with E-state index in [2.05, 4.69) is 0 Å². The molecule has 0 spiro atoms. The SMILES string of the molecule is N#Cc1cccc([CH-]N)c1. The molecule has 0 saturated carbocycles. The Bertz CT molecular complexity index is 260. The first kappa shape index (κ1) is 6.66.